The van der Waals surface area contributed by atoms with E-state index in [1.54, 1.807) is 6.08 Å². The number of imide groups is 1. The maximum absolute atomic E-state index is 12.9. The predicted octanol–water partition coefficient (Wildman–Crippen LogP) is 5.51. The molecule has 1 aliphatic heterocycles. The lowest BCUT2D eigenvalue weighted by Crippen LogP contribution is -2.30. The van der Waals surface area contributed by atoms with Gasteiger partial charge in [0.25, 0.3) is 5.91 Å². The summed E-state index contributed by atoms with van der Waals surface area (Å²) in [7, 11) is 0. The van der Waals surface area contributed by atoms with Crippen molar-refractivity contribution in [1.82, 2.24) is 10.2 Å². The van der Waals surface area contributed by atoms with Crippen molar-refractivity contribution in [2.75, 3.05) is 0 Å². The largest absolute Gasteiger partial charge is 0.488 e. The number of nitrogens with zero attached hydrogens (tertiary/aromatic N) is 1. The third-order valence-electron chi connectivity index (χ3n) is 5.57. The van der Waals surface area contributed by atoms with Crippen molar-refractivity contribution < 1.29 is 14.3 Å². The van der Waals surface area contributed by atoms with Gasteiger partial charge in [0.05, 0.1) is 6.54 Å². The number of amides is 3. The van der Waals surface area contributed by atoms with Gasteiger partial charge in [0, 0.05) is 5.56 Å². The fourth-order valence-corrected chi connectivity index (χ4v) is 3.86. The van der Waals surface area contributed by atoms with Crippen LogP contribution in [0.5, 0.6) is 5.75 Å². The molecule has 0 spiro atoms. The monoisotopic (exact) mass is 434 g/mol. The van der Waals surface area contributed by atoms with Gasteiger partial charge >= 0.3 is 6.03 Å². The Balaban J connectivity index is 1.34. The van der Waals surface area contributed by atoms with Gasteiger partial charge < -0.3 is 10.1 Å². The van der Waals surface area contributed by atoms with Crippen molar-refractivity contribution in [3.8, 4) is 5.75 Å². The molecule has 0 aliphatic carbocycles. The van der Waals surface area contributed by atoms with Gasteiger partial charge in [0.15, 0.2) is 0 Å². The molecule has 0 aromatic heterocycles. The topological polar surface area (TPSA) is 58.6 Å². The first-order valence-corrected chi connectivity index (χ1v) is 10.8. The SMILES string of the molecule is O=C1N/C(=C\c2ccccc2OCc2ccc3ccccc3c2)C(=O)N1Cc1ccccc1. The molecular formula is C28H22N2O3. The van der Waals surface area contributed by atoms with E-state index in [0.717, 1.165) is 22.1 Å². The molecule has 1 saturated heterocycles. The molecule has 5 heteroatoms. The second kappa shape index (κ2) is 9.01. The minimum absolute atomic E-state index is 0.225. The molecule has 4 aromatic carbocycles. The summed E-state index contributed by atoms with van der Waals surface area (Å²) in [5.41, 5.74) is 2.90. The van der Waals surface area contributed by atoms with Gasteiger partial charge in [-0.05, 0) is 40.1 Å². The van der Waals surface area contributed by atoms with Crippen LogP contribution in [0.25, 0.3) is 16.8 Å². The first kappa shape index (κ1) is 20.5. The van der Waals surface area contributed by atoms with E-state index in [9.17, 15) is 9.59 Å². The average molecular weight is 434 g/mol. The van der Waals surface area contributed by atoms with E-state index in [1.807, 2.05) is 72.8 Å². The molecule has 0 unspecified atom stereocenters. The minimum atomic E-state index is -0.426. The zero-order valence-electron chi connectivity index (χ0n) is 17.9. The minimum Gasteiger partial charge on any atom is -0.488 e. The van der Waals surface area contributed by atoms with Crippen molar-refractivity contribution in [1.29, 1.82) is 0 Å². The Morgan fingerprint density at radius 2 is 1.48 bits per heavy atom. The summed E-state index contributed by atoms with van der Waals surface area (Å²) in [5.74, 6) is 0.287. The smallest absolute Gasteiger partial charge is 0.329 e. The summed E-state index contributed by atoms with van der Waals surface area (Å²) in [5, 5.41) is 5.03. The standard InChI is InChI=1S/C28H22N2O3/c31-27-25(29-28(32)30(27)18-20-8-2-1-3-9-20)17-24-12-6-7-13-26(24)33-19-21-14-15-22-10-4-5-11-23(22)16-21/h1-17H,18-19H2,(H,29,32)/b25-17-. The lowest BCUT2D eigenvalue weighted by Gasteiger charge is -2.12. The quantitative estimate of drug-likeness (QED) is 0.321. The van der Waals surface area contributed by atoms with Crippen LogP contribution < -0.4 is 10.1 Å². The van der Waals surface area contributed by atoms with E-state index in [0.29, 0.717) is 12.4 Å². The number of carbonyl (C=O) groups excluding carboxylic acids is 2. The van der Waals surface area contributed by atoms with Crippen molar-refractivity contribution in [3.63, 3.8) is 0 Å². The maximum atomic E-state index is 12.9. The van der Waals surface area contributed by atoms with E-state index in [4.69, 9.17) is 4.74 Å². The Bertz CT molecular complexity index is 1360. The highest BCUT2D eigenvalue weighted by atomic mass is 16.5. The molecule has 1 aliphatic rings. The van der Waals surface area contributed by atoms with Crippen LogP contribution in [0.15, 0.2) is 103 Å². The van der Waals surface area contributed by atoms with Crippen LogP contribution in [0.2, 0.25) is 0 Å². The molecule has 1 fully saturated rings. The van der Waals surface area contributed by atoms with Crippen molar-refractivity contribution >= 4 is 28.8 Å². The Kier molecular flexibility index (Phi) is 5.60. The predicted molar refractivity (Wildman–Crippen MR) is 128 cm³/mol. The molecule has 0 radical (unpaired) electrons. The fourth-order valence-electron chi connectivity index (χ4n) is 3.86. The van der Waals surface area contributed by atoms with Gasteiger partial charge in [0.1, 0.15) is 18.1 Å². The number of hydrogen-bond acceptors (Lipinski definition) is 3. The molecule has 5 nitrogen and oxygen atoms in total. The molecule has 3 amide bonds. The van der Waals surface area contributed by atoms with Crippen molar-refractivity contribution in [2.24, 2.45) is 0 Å². The molecule has 5 rings (SSSR count). The molecule has 0 atom stereocenters. The first-order valence-electron chi connectivity index (χ1n) is 10.8. The third-order valence-corrected chi connectivity index (χ3v) is 5.57. The second-order valence-corrected chi connectivity index (χ2v) is 7.87. The summed E-state index contributed by atoms with van der Waals surface area (Å²) in [4.78, 5) is 26.5. The maximum Gasteiger partial charge on any atom is 0.329 e. The lowest BCUT2D eigenvalue weighted by molar-refractivity contribution is -0.123. The summed E-state index contributed by atoms with van der Waals surface area (Å²) in [6.07, 6.45) is 1.67. The van der Waals surface area contributed by atoms with Gasteiger partial charge in [-0.1, -0.05) is 84.9 Å². The Hall–Kier alpha value is -4.38. The number of ether oxygens (including phenoxy) is 1. The van der Waals surface area contributed by atoms with Crippen molar-refractivity contribution in [2.45, 2.75) is 13.2 Å². The Labute approximate surface area is 191 Å². The van der Waals surface area contributed by atoms with Gasteiger partial charge in [-0.2, -0.15) is 0 Å². The van der Waals surface area contributed by atoms with E-state index in [1.165, 1.54) is 10.3 Å². The van der Waals surface area contributed by atoms with Crippen molar-refractivity contribution in [3.05, 3.63) is 119 Å². The number of para-hydroxylation sites is 1. The fraction of sp³-hybridized carbons (Fsp3) is 0.0714. The van der Waals surface area contributed by atoms with Crippen LogP contribution in [-0.4, -0.2) is 16.8 Å². The molecule has 0 saturated carbocycles. The van der Waals surface area contributed by atoms with Crippen LogP contribution in [0, 0.1) is 0 Å². The van der Waals surface area contributed by atoms with E-state index in [-0.39, 0.29) is 18.1 Å². The summed E-state index contributed by atoms with van der Waals surface area (Å²) >= 11 is 0. The van der Waals surface area contributed by atoms with E-state index in [2.05, 4.69) is 29.6 Å². The van der Waals surface area contributed by atoms with Gasteiger partial charge in [-0.25, -0.2) is 4.79 Å². The summed E-state index contributed by atoms with van der Waals surface area (Å²) < 4.78 is 6.08. The van der Waals surface area contributed by atoms with Crippen LogP contribution in [0.1, 0.15) is 16.7 Å². The number of fused-ring (bicyclic) bond motifs is 1. The number of carbonyl (C=O) groups is 2. The molecule has 1 heterocycles. The van der Waals surface area contributed by atoms with E-state index >= 15 is 0 Å². The van der Waals surface area contributed by atoms with Gasteiger partial charge in [-0.15, -0.1) is 0 Å². The molecule has 33 heavy (non-hydrogen) atoms. The summed E-state index contributed by atoms with van der Waals surface area (Å²) in [6, 6.07) is 30.9. The van der Waals surface area contributed by atoms with Crippen LogP contribution >= 0.6 is 0 Å². The number of nitrogens with one attached hydrogen (secondary N) is 1. The average Bonchev–Trinajstić information content (AvgIpc) is 3.11. The molecule has 4 aromatic rings. The second-order valence-electron chi connectivity index (χ2n) is 7.87. The summed E-state index contributed by atoms with van der Waals surface area (Å²) in [6.45, 7) is 0.619. The molecule has 162 valence electrons. The number of urea groups is 1. The van der Waals surface area contributed by atoms with Gasteiger partial charge in [-0.3, -0.25) is 9.69 Å². The molecule has 1 N–H and O–H groups in total. The van der Waals surface area contributed by atoms with Crippen LogP contribution in [0.3, 0.4) is 0 Å². The Morgan fingerprint density at radius 1 is 0.758 bits per heavy atom. The normalized spacial score (nSPS) is 14.7. The van der Waals surface area contributed by atoms with Crippen LogP contribution in [0.4, 0.5) is 4.79 Å². The number of rotatable bonds is 6. The van der Waals surface area contributed by atoms with Gasteiger partial charge in [0.2, 0.25) is 0 Å². The van der Waals surface area contributed by atoms with E-state index < -0.39 is 6.03 Å². The highest BCUT2D eigenvalue weighted by Crippen LogP contribution is 2.25. The highest BCUT2D eigenvalue weighted by molar-refractivity contribution is 6.14. The Morgan fingerprint density at radius 3 is 2.33 bits per heavy atom. The highest BCUT2D eigenvalue weighted by Gasteiger charge is 2.33. The number of hydrogen-bond donors (Lipinski definition) is 1. The zero-order valence-corrected chi connectivity index (χ0v) is 17.9. The molecule has 0 bridgehead atoms. The van der Waals surface area contributed by atoms with Crippen LogP contribution in [-0.2, 0) is 17.9 Å². The third kappa shape index (κ3) is 4.48. The lowest BCUT2D eigenvalue weighted by atomic mass is 10.1. The first-order chi connectivity index (χ1) is 16.2. The zero-order chi connectivity index (χ0) is 22.6. The molecular weight excluding hydrogens is 412 g/mol. The number of benzene rings is 4.